The second kappa shape index (κ2) is 5.55. The van der Waals surface area contributed by atoms with Gasteiger partial charge in [-0.2, -0.15) is 0 Å². The minimum absolute atomic E-state index is 0.280. The summed E-state index contributed by atoms with van der Waals surface area (Å²) in [5.74, 6) is 0.174. The van der Waals surface area contributed by atoms with Crippen molar-refractivity contribution in [3.63, 3.8) is 0 Å². The molecule has 0 radical (unpaired) electrons. The number of hydrogen-bond acceptors (Lipinski definition) is 4. The summed E-state index contributed by atoms with van der Waals surface area (Å²) < 4.78 is 19.0. The van der Waals surface area contributed by atoms with Crippen LogP contribution in [0.3, 0.4) is 0 Å². The molecule has 0 saturated heterocycles. The van der Waals surface area contributed by atoms with E-state index in [0.717, 1.165) is 5.56 Å². The van der Waals surface area contributed by atoms with E-state index in [2.05, 4.69) is 15.3 Å². The first-order chi connectivity index (χ1) is 8.76. The zero-order valence-corrected chi connectivity index (χ0v) is 10.2. The SMILES string of the molecule is CNC(c1cncnc1)c1ccc(OC)cc1F. The molecule has 0 aliphatic heterocycles. The largest absolute Gasteiger partial charge is 0.497 e. The molecule has 0 saturated carbocycles. The van der Waals surface area contributed by atoms with Gasteiger partial charge in [0.25, 0.3) is 0 Å². The van der Waals surface area contributed by atoms with Gasteiger partial charge in [-0.1, -0.05) is 6.07 Å². The predicted molar refractivity (Wildman–Crippen MR) is 65.9 cm³/mol. The lowest BCUT2D eigenvalue weighted by Crippen LogP contribution is -2.19. The number of halogens is 1. The highest BCUT2D eigenvalue weighted by Crippen LogP contribution is 2.25. The van der Waals surface area contributed by atoms with Crippen LogP contribution >= 0.6 is 0 Å². The minimum atomic E-state index is -0.322. The van der Waals surface area contributed by atoms with E-state index in [1.165, 1.54) is 19.5 Å². The molecule has 0 aliphatic rings. The number of ether oxygens (including phenoxy) is 1. The highest BCUT2D eigenvalue weighted by molar-refractivity contribution is 5.35. The van der Waals surface area contributed by atoms with Gasteiger partial charge in [-0.25, -0.2) is 14.4 Å². The Morgan fingerprint density at radius 2 is 2.00 bits per heavy atom. The molecule has 0 aliphatic carbocycles. The van der Waals surface area contributed by atoms with Crippen LogP contribution in [0.15, 0.2) is 36.9 Å². The highest BCUT2D eigenvalue weighted by Gasteiger charge is 2.17. The van der Waals surface area contributed by atoms with Crippen LogP contribution in [0.1, 0.15) is 17.2 Å². The van der Waals surface area contributed by atoms with Crippen LogP contribution in [0.5, 0.6) is 5.75 Å². The summed E-state index contributed by atoms with van der Waals surface area (Å²) in [6.45, 7) is 0. The summed E-state index contributed by atoms with van der Waals surface area (Å²) in [5.41, 5.74) is 1.34. The third-order valence-corrected chi connectivity index (χ3v) is 2.72. The van der Waals surface area contributed by atoms with E-state index in [9.17, 15) is 4.39 Å². The van der Waals surface area contributed by atoms with E-state index in [1.807, 2.05) is 0 Å². The summed E-state index contributed by atoms with van der Waals surface area (Å²) in [5, 5.41) is 3.05. The fraction of sp³-hybridized carbons (Fsp3) is 0.231. The smallest absolute Gasteiger partial charge is 0.132 e. The minimum Gasteiger partial charge on any atom is -0.497 e. The average molecular weight is 247 g/mol. The summed E-state index contributed by atoms with van der Waals surface area (Å²) in [4.78, 5) is 7.89. The number of benzene rings is 1. The molecule has 2 rings (SSSR count). The lowest BCUT2D eigenvalue weighted by atomic mass is 10.0. The van der Waals surface area contributed by atoms with Crippen molar-refractivity contribution in [2.45, 2.75) is 6.04 Å². The Labute approximate surface area is 105 Å². The zero-order valence-electron chi connectivity index (χ0n) is 10.2. The van der Waals surface area contributed by atoms with Crippen LogP contribution in [-0.4, -0.2) is 24.1 Å². The molecule has 4 nitrogen and oxygen atoms in total. The Balaban J connectivity index is 2.39. The summed E-state index contributed by atoms with van der Waals surface area (Å²) >= 11 is 0. The van der Waals surface area contributed by atoms with Crippen LogP contribution in [0.25, 0.3) is 0 Å². The fourth-order valence-electron chi connectivity index (χ4n) is 1.83. The van der Waals surface area contributed by atoms with Gasteiger partial charge in [0.15, 0.2) is 0 Å². The van der Waals surface area contributed by atoms with Gasteiger partial charge in [0, 0.05) is 29.6 Å². The van der Waals surface area contributed by atoms with E-state index >= 15 is 0 Å². The molecule has 0 fully saturated rings. The monoisotopic (exact) mass is 247 g/mol. The van der Waals surface area contributed by atoms with Crippen molar-refractivity contribution in [2.24, 2.45) is 0 Å². The van der Waals surface area contributed by atoms with E-state index in [4.69, 9.17) is 4.74 Å². The van der Waals surface area contributed by atoms with Crippen molar-refractivity contribution >= 4 is 0 Å². The van der Waals surface area contributed by atoms with Gasteiger partial charge in [0.2, 0.25) is 0 Å². The third kappa shape index (κ3) is 2.46. The molecule has 1 heterocycles. The van der Waals surface area contributed by atoms with Crippen LogP contribution in [0.4, 0.5) is 4.39 Å². The molecule has 1 unspecified atom stereocenters. The highest BCUT2D eigenvalue weighted by atomic mass is 19.1. The first kappa shape index (κ1) is 12.4. The Morgan fingerprint density at radius 3 is 2.56 bits per heavy atom. The Kier molecular flexibility index (Phi) is 3.84. The van der Waals surface area contributed by atoms with E-state index < -0.39 is 0 Å². The van der Waals surface area contributed by atoms with Gasteiger partial charge in [-0.15, -0.1) is 0 Å². The molecule has 18 heavy (non-hydrogen) atoms. The lowest BCUT2D eigenvalue weighted by molar-refractivity contribution is 0.410. The van der Waals surface area contributed by atoms with Gasteiger partial charge >= 0.3 is 0 Å². The Morgan fingerprint density at radius 1 is 1.28 bits per heavy atom. The van der Waals surface area contributed by atoms with Gasteiger partial charge in [0.05, 0.1) is 13.2 Å². The summed E-state index contributed by atoms with van der Waals surface area (Å²) in [7, 11) is 3.27. The van der Waals surface area contributed by atoms with E-state index in [1.54, 1.807) is 31.6 Å². The predicted octanol–water partition coefficient (Wildman–Crippen LogP) is 1.93. The van der Waals surface area contributed by atoms with Crippen LogP contribution in [0.2, 0.25) is 0 Å². The molecule has 1 atom stereocenters. The van der Waals surface area contributed by atoms with Gasteiger partial charge in [-0.3, -0.25) is 0 Å². The number of rotatable bonds is 4. The fourth-order valence-corrected chi connectivity index (χ4v) is 1.83. The van der Waals surface area contributed by atoms with Crippen molar-refractivity contribution in [1.82, 2.24) is 15.3 Å². The van der Waals surface area contributed by atoms with Gasteiger partial charge in [-0.05, 0) is 13.1 Å². The lowest BCUT2D eigenvalue weighted by Gasteiger charge is -2.17. The van der Waals surface area contributed by atoms with E-state index in [-0.39, 0.29) is 11.9 Å². The first-order valence-electron chi connectivity index (χ1n) is 5.52. The zero-order chi connectivity index (χ0) is 13.0. The van der Waals surface area contributed by atoms with Crippen molar-refractivity contribution in [1.29, 1.82) is 0 Å². The first-order valence-corrected chi connectivity index (χ1v) is 5.52. The van der Waals surface area contributed by atoms with Crippen molar-refractivity contribution in [3.05, 3.63) is 53.9 Å². The van der Waals surface area contributed by atoms with Crippen LogP contribution in [-0.2, 0) is 0 Å². The Hall–Kier alpha value is -2.01. The molecule has 0 amide bonds. The maximum atomic E-state index is 14.0. The topological polar surface area (TPSA) is 47.0 Å². The van der Waals surface area contributed by atoms with Crippen molar-refractivity contribution in [2.75, 3.05) is 14.2 Å². The van der Waals surface area contributed by atoms with Crippen LogP contribution < -0.4 is 10.1 Å². The number of nitrogens with one attached hydrogen (secondary N) is 1. The number of methoxy groups -OCH3 is 1. The molecule has 0 spiro atoms. The Bertz CT molecular complexity index is 519. The number of nitrogens with zero attached hydrogens (tertiary/aromatic N) is 2. The molecule has 1 aromatic carbocycles. The maximum Gasteiger partial charge on any atom is 0.132 e. The van der Waals surface area contributed by atoms with Crippen molar-refractivity contribution in [3.8, 4) is 5.75 Å². The summed E-state index contributed by atoms with van der Waals surface area (Å²) in [6.07, 6.45) is 4.77. The molecule has 2 aromatic rings. The molecular formula is C13H14FN3O. The molecule has 94 valence electrons. The quantitative estimate of drug-likeness (QED) is 0.896. The summed E-state index contributed by atoms with van der Waals surface area (Å²) in [6, 6.07) is 4.51. The maximum absolute atomic E-state index is 14.0. The van der Waals surface area contributed by atoms with Gasteiger partial charge in [0.1, 0.15) is 17.9 Å². The number of hydrogen-bond donors (Lipinski definition) is 1. The molecule has 5 heteroatoms. The van der Waals surface area contributed by atoms with Gasteiger partial charge < -0.3 is 10.1 Å². The molecular weight excluding hydrogens is 233 g/mol. The molecule has 1 aromatic heterocycles. The standard InChI is InChI=1S/C13H14FN3O/c1-15-13(9-6-16-8-17-7-9)11-4-3-10(18-2)5-12(11)14/h3-8,13,15H,1-2H3. The second-order valence-electron chi connectivity index (χ2n) is 3.78. The third-order valence-electron chi connectivity index (χ3n) is 2.72. The van der Waals surface area contributed by atoms with E-state index in [0.29, 0.717) is 11.3 Å². The van der Waals surface area contributed by atoms with Crippen LogP contribution in [0, 0.1) is 5.82 Å². The van der Waals surface area contributed by atoms with Crippen molar-refractivity contribution < 1.29 is 9.13 Å². The molecule has 1 N–H and O–H groups in total. The number of aromatic nitrogens is 2. The second-order valence-corrected chi connectivity index (χ2v) is 3.78. The molecule has 0 bridgehead atoms. The normalized spacial score (nSPS) is 12.2. The average Bonchev–Trinajstić information content (AvgIpc) is 2.42.